The molecule has 2 N–H and O–H groups in total. The number of aliphatic hydroxyl groups excluding tert-OH is 1. The van der Waals surface area contributed by atoms with E-state index in [1.54, 1.807) is 30.3 Å². The van der Waals surface area contributed by atoms with Crippen LogP contribution in [0.5, 0.6) is 5.75 Å². The maximum Gasteiger partial charge on any atom is 0.347 e. The molecule has 0 bridgehead atoms. The van der Waals surface area contributed by atoms with Crippen molar-refractivity contribution >= 4 is 23.6 Å². The number of carbonyl (C=O) groups is 1. The second-order valence-electron chi connectivity index (χ2n) is 4.24. The van der Waals surface area contributed by atoms with E-state index in [4.69, 9.17) is 26.6 Å². The molecule has 0 atom stereocenters. The van der Waals surface area contributed by atoms with Crippen molar-refractivity contribution in [3.63, 3.8) is 0 Å². The SMILES string of the molecule is CC(C)(Oc1ccc(/C=C(\Cl)CO)cc1)C(=O)O. The third-order valence-corrected chi connectivity index (χ3v) is 2.47. The molecular formula is C13H15ClO4. The summed E-state index contributed by atoms with van der Waals surface area (Å²) >= 11 is 5.69. The van der Waals surface area contributed by atoms with Gasteiger partial charge >= 0.3 is 5.97 Å². The van der Waals surface area contributed by atoms with Crippen LogP contribution in [0.15, 0.2) is 29.3 Å². The fraction of sp³-hybridized carbons (Fsp3) is 0.308. The largest absolute Gasteiger partial charge is 0.478 e. The molecule has 0 radical (unpaired) electrons. The van der Waals surface area contributed by atoms with Crippen LogP contribution in [0.25, 0.3) is 6.08 Å². The number of rotatable bonds is 5. The molecular weight excluding hydrogens is 256 g/mol. The predicted octanol–water partition coefficient (Wildman–Crippen LogP) is 2.50. The van der Waals surface area contributed by atoms with E-state index in [1.807, 2.05) is 0 Å². The lowest BCUT2D eigenvalue weighted by molar-refractivity contribution is -0.152. The van der Waals surface area contributed by atoms with E-state index in [9.17, 15) is 4.79 Å². The van der Waals surface area contributed by atoms with Crippen molar-refractivity contribution in [2.24, 2.45) is 0 Å². The van der Waals surface area contributed by atoms with Crippen LogP contribution in [0.2, 0.25) is 0 Å². The number of ether oxygens (including phenoxy) is 1. The highest BCUT2D eigenvalue weighted by molar-refractivity contribution is 6.31. The molecule has 5 heteroatoms. The van der Waals surface area contributed by atoms with Gasteiger partial charge in [-0.1, -0.05) is 23.7 Å². The average molecular weight is 271 g/mol. The fourth-order valence-corrected chi connectivity index (χ4v) is 1.32. The minimum absolute atomic E-state index is 0.216. The number of halogens is 1. The van der Waals surface area contributed by atoms with Crippen molar-refractivity contribution in [2.75, 3.05) is 6.61 Å². The van der Waals surface area contributed by atoms with Gasteiger partial charge in [-0.15, -0.1) is 0 Å². The zero-order valence-corrected chi connectivity index (χ0v) is 10.9. The predicted molar refractivity (Wildman–Crippen MR) is 69.7 cm³/mol. The molecule has 0 aliphatic rings. The first-order valence-electron chi connectivity index (χ1n) is 5.34. The van der Waals surface area contributed by atoms with E-state index in [2.05, 4.69) is 0 Å². The minimum Gasteiger partial charge on any atom is -0.478 e. The Labute approximate surface area is 110 Å². The van der Waals surface area contributed by atoms with Gasteiger partial charge in [0.2, 0.25) is 0 Å². The lowest BCUT2D eigenvalue weighted by Crippen LogP contribution is -2.37. The molecule has 0 unspecified atom stereocenters. The fourth-order valence-electron chi connectivity index (χ4n) is 1.20. The van der Waals surface area contributed by atoms with E-state index in [-0.39, 0.29) is 6.61 Å². The monoisotopic (exact) mass is 270 g/mol. The normalized spacial score (nSPS) is 12.3. The van der Waals surface area contributed by atoms with Gasteiger partial charge < -0.3 is 14.9 Å². The van der Waals surface area contributed by atoms with Crippen molar-refractivity contribution in [3.8, 4) is 5.75 Å². The van der Waals surface area contributed by atoms with Crippen LogP contribution >= 0.6 is 11.6 Å². The summed E-state index contributed by atoms with van der Waals surface area (Å²) in [5, 5.41) is 18.0. The van der Waals surface area contributed by atoms with Gasteiger partial charge in [-0.25, -0.2) is 4.79 Å². The quantitative estimate of drug-likeness (QED) is 0.863. The van der Waals surface area contributed by atoms with Crippen LogP contribution < -0.4 is 4.74 Å². The molecule has 0 aromatic heterocycles. The van der Waals surface area contributed by atoms with Crippen molar-refractivity contribution in [2.45, 2.75) is 19.4 Å². The second-order valence-corrected chi connectivity index (χ2v) is 4.72. The van der Waals surface area contributed by atoms with Crippen molar-refractivity contribution < 1.29 is 19.7 Å². The molecule has 0 saturated heterocycles. The molecule has 4 nitrogen and oxygen atoms in total. The Morgan fingerprint density at radius 2 is 1.94 bits per heavy atom. The Morgan fingerprint density at radius 3 is 2.39 bits per heavy atom. The van der Waals surface area contributed by atoms with Crippen LogP contribution in [0.4, 0.5) is 0 Å². The van der Waals surface area contributed by atoms with Crippen LogP contribution in [-0.2, 0) is 4.79 Å². The molecule has 98 valence electrons. The Hall–Kier alpha value is -1.52. The third-order valence-electron chi connectivity index (χ3n) is 2.24. The van der Waals surface area contributed by atoms with Crippen molar-refractivity contribution in [1.82, 2.24) is 0 Å². The van der Waals surface area contributed by atoms with Crippen LogP contribution in [0.3, 0.4) is 0 Å². The Kier molecular flexibility index (Phi) is 4.76. The first-order chi connectivity index (χ1) is 8.35. The maximum absolute atomic E-state index is 10.9. The molecule has 1 rings (SSSR count). The smallest absolute Gasteiger partial charge is 0.347 e. The zero-order chi connectivity index (χ0) is 13.8. The molecule has 0 amide bonds. The van der Waals surface area contributed by atoms with Gasteiger partial charge in [0.05, 0.1) is 6.61 Å². The van der Waals surface area contributed by atoms with E-state index >= 15 is 0 Å². The van der Waals surface area contributed by atoms with Gasteiger partial charge in [-0.05, 0) is 37.6 Å². The zero-order valence-electron chi connectivity index (χ0n) is 10.2. The second kappa shape index (κ2) is 5.89. The van der Waals surface area contributed by atoms with E-state index in [1.165, 1.54) is 13.8 Å². The summed E-state index contributed by atoms with van der Waals surface area (Å²) in [6, 6.07) is 6.76. The molecule has 0 spiro atoms. The van der Waals surface area contributed by atoms with E-state index in [0.29, 0.717) is 10.8 Å². The molecule has 18 heavy (non-hydrogen) atoms. The summed E-state index contributed by atoms with van der Waals surface area (Å²) in [5.41, 5.74) is -0.477. The molecule has 1 aromatic rings. The number of hydrogen-bond donors (Lipinski definition) is 2. The summed E-state index contributed by atoms with van der Waals surface area (Å²) in [6.07, 6.45) is 1.62. The number of aliphatic carboxylic acids is 1. The van der Waals surface area contributed by atoms with Gasteiger partial charge in [0.25, 0.3) is 0 Å². The molecule has 0 heterocycles. The van der Waals surface area contributed by atoms with E-state index < -0.39 is 11.6 Å². The highest BCUT2D eigenvalue weighted by Crippen LogP contribution is 2.20. The number of carboxylic acids is 1. The standard InChI is InChI=1S/C13H15ClO4/c1-13(2,12(16)17)18-11-5-3-9(4-6-11)7-10(14)8-15/h3-7,15H,8H2,1-2H3,(H,16,17)/b10-7-. The van der Waals surface area contributed by atoms with Gasteiger partial charge in [-0.3, -0.25) is 0 Å². The highest BCUT2D eigenvalue weighted by Gasteiger charge is 2.29. The summed E-state index contributed by atoms with van der Waals surface area (Å²) in [7, 11) is 0. The Bertz CT molecular complexity index is 449. The van der Waals surface area contributed by atoms with Crippen LogP contribution in [-0.4, -0.2) is 28.4 Å². The van der Waals surface area contributed by atoms with E-state index in [0.717, 1.165) is 5.56 Å². The first kappa shape index (κ1) is 14.5. The van der Waals surface area contributed by atoms with Gasteiger partial charge in [0.1, 0.15) is 5.75 Å². The van der Waals surface area contributed by atoms with Crippen molar-refractivity contribution in [3.05, 3.63) is 34.9 Å². The van der Waals surface area contributed by atoms with Crippen molar-refractivity contribution in [1.29, 1.82) is 0 Å². The molecule has 0 aliphatic heterocycles. The topological polar surface area (TPSA) is 66.8 Å². The lowest BCUT2D eigenvalue weighted by Gasteiger charge is -2.21. The van der Waals surface area contributed by atoms with Gasteiger partial charge in [0.15, 0.2) is 5.60 Å². The lowest BCUT2D eigenvalue weighted by atomic mass is 10.1. The van der Waals surface area contributed by atoms with Gasteiger partial charge in [0, 0.05) is 5.03 Å². The average Bonchev–Trinajstić information content (AvgIpc) is 2.31. The number of benzene rings is 1. The first-order valence-corrected chi connectivity index (χ1v) is 5.72. The minimum atomic E-state index is -1.28. The summed E-state index contributed by atoms with van der Waals surface area (Å²) in [6.45, 7) is 2.74. The Morgan fingerprint density at radius 1 is 1.39 bits per heavy atom. The summed E-state index contributed by atoms with van der Waals surface area (Å²) in [5.74, 6) is -0.575. The maximum atomic E-state index is 10.9. The molecule has 0 fully saturated rings. The molecule has 0 saturated carbocycles. The van der Waals surface area contributed by atoms with Gasteiger partial charge in [-0.2, -0.15) is 0 Å². The number of carboxylic acid groups (broad SMARTS) is 1. The highest BCUT2D eigenvalue weighted by atomic mass is 35.5. The van der Waals surface area contributed by atoms with Crippen LogP contribution in [0, 0.1) is 0 Å². The Balaban J connectivity index is 2.81. The molecule has 0 aliphatic carbocycles. The third kappa shape index (κ3) is 4.05. The number of hydrogen-bond acceptors (Lipinski definition) is 3. The van der Waals surface area contributed by atoms with Crippen LogP contribution in [0.1, 0.15) is 19.4 Å². The summed E-state index contributed by atoms with van der Waals surface area (Å²) < 4.78 is 5.35. The number of aliphatic hydroxyl groups is 1. The summed E-state index contributed by atoms with van der Waals surface area (Å²) in [4.78, 5) is 10.9. The molecule has 1 aromatic carbocycles.